The van der Waals surface area contributed by atoms with E-state index in [1.807, 2.05) is 19.1 Å². The smallest absolute Gasteiger partial charge is 0.179 e. The Bertz CT molecular complexity index is 444. The zero-order valence-corrected chi connectivity index (χ0v) is 9.66. The molecule has 14 heavy (non-hydrogen) atoms. The van der Waals surface area contributed by atoms with Crippen molar-refractivity contribution in [1.29, 1.82) is 0 Å². The van der Waals surface area contributed by atoms with Gasteiger partial charge in [0.05, 0.1) is 0 Å². The first-order valence-electron chi connectivity index (χ1n) is 3.83. The van der Waals surface area contributed by atoms with Crippen molar-refractivity contribution in [2.24, 2.45) is 0 Å². The third kappa shape index (κ3) is 2.43. The summed E-state index contributed by atoms with van der Waals surface area (Å²) in [7, 11) is 0. The fourth-order valence-corrected chi connectivity index (χ4v) is 2.92. The van der Waals surface area contributed by atoms with E-state index in [9.17, 15) is 0 Å². The van der Waals surface area contributed by atoms with Crippen molar-refractivity contribution in [3.05, 3.63) is 28.5 Å². The van der Waals surface area contributed by atoms with Gasteiger partial charge in [-0.3, -0.25) is 0 Å². The fraction of sp³-hybridized carbons (Fsp3) is 0.125. The molecule has 0 spiro atoms. The number of rotatable bonds is 2. The van der Waals surface area contributed by atoms with Gasteiger partial charge in [0.1, 0.15) is 10.2 Å². The number of nitrogens with zero attached hydrogens (tertiary/aromatic N) is 3. The van der Waals surface area contributed by atoms with Gasteiger partial charge in [0.2, 0.25) is 0 Å². The number of halogens is 1. The van der Waals surface area contributed by atoms with Crippen LogP contribution in [0.3, 0.4) is 0 Å². The van der Waals surface area contributed by atoms with Crippen molar-refractivity contribution in [2.75, 3.05) is 0 Å². The van der Waals surface area contributed by atoms with Crippen LogP contribution >= 0.6 is 34.7 Å². The van der Waals surface area contributed by atoms with Crippen LogP contribution in [-0.4, -0.2) is 15.2 Å². The summed E-state index contributed by atoms with van der Waals surface area (Å²) < 4.78 is 0.921. The Morgan fingerprint density at radius 1 is 1.43 bits per heavy atom. The minimum atomic E-state index is 0.497. The summed E-state index contributed by atoms with van der Waals surface area (Å²) >= 11 is 8.87. The van der Waals surface area contributed by atoms with Gasteiger partial charge < -0.3 is 0 Å². The summed E-state index contributed by atoms with van der Waals surface area (Å²) in [6.07, 6.45) is 1.68. The minimum Gasteiger partial charge on any atom is -0.244 e. The Labute approximate surface area is 94.5 Å². The maximum atomic E-state index is 5.76. The second-order valence-corrected chi connectivity index (χ2v) is 5.39. The Morgan fingerprint density at radius 3 is 2.93 bits per heavy atom. The molecule has 0 amide bonds. The monoisotopic (exact) mass is 243 g/mol. The first kappa shape index (κ1) is 9.89. The van der Waals surface area contributed by atoms with Gasteiger partial charge in [0.15, 0.2) is 4.34 Å². The highest BCUT2D eigenvalue weighted by atomic mass is 35.5. The largest absolute Gasteiger partial charge is 0.244 e. The van der Waals surface area contributed by atoms with Crippen LogP contribution in [0.4, 0.5) is 0 Å². The lowest BCUT2D eigenvalue weighted by molar-refractivity contribution is 0.983. The molecule has 2 heterocycles. The van der Waals surface area contributed by atoms with Crippen LogP contribution in [0.1, 0.15) is 5.01 Å². The van der Waals surface area contributed by atoms with Crippen molar-refractivity contribution >= 4 is 34.7 Å². The number of hydrogen-bond donors (Lipinski definition) is 0. The summed E-state index contributed by atoms with van der Waals surface area (Å²) in [5.74, 6) is 0. The van der Waals surface area contributed by atoms with Gasteiger partial charge in [-0.05, 0) is 19.1 Å². The molecule has 0 radical (unpaired) electrons. The van der Waals surface area contributed by atoms with Crippen molar-refractivity contribution in [3.8, 4) is 0 Å². The molecule has 3 nitrogen and oxygen atoms in total. The second kappa shape index (κ2) is 4.25. The summed E-state index contributed by atoms with van der Waals surface area (Å²) in [4.78, 5) is 4.93. The SMILES string of the molecule is Cc1nnc(Sc2ccnc(Cl)c2)s1. The normalized spacial score (nSPS) is 10.4. The van der Waals surface area contributed by atoms with E-state index in [0.717, 1.165) is 14.2 Å². The van der Waals surface area contributed by atoms with Crippen molar-refractivity contribution in [1.82, 2.24) is 15.2 Å². The zero-order chi connectivity index (χ0) is 9.97. The van der Waals surface area contributed by atoms with Crippen LogP contribution in [0.5, 0.6) is 0 Å². The third-order valence-electron chi connectivity index (χ3n) is 1.41. The molecular formula is C8H6ClN3S2. The second-order valence-electron chi connectivity index (χ2n) is 2.50. The Balaban J connectivity index is 2.18. The maximum absolute atomic E-state index is 5.76. The standard InChI is InChI=1S/C8H6ClN3S2/c1-5-11-12-8(13-5)14-6-2-3-10-7(9)4-6/h2-4H,1H3. The van der Waals surface area contributed by atoms with Gasteiger partial charge in [-0.2, -0.15) is 0 Å². The summed E-state index contributed by atoms with van der Waals surface area (Å²) in [5, 5.41) is 9.40. The summed E-state index contributed by atoms with van der Waals surface area (Å²) in [6, 6.07) is 3.70. The zero-order valence-electron chi connectivity index (χ0n) is 7.27. The molecule has 0 aliphatic rings. The lowest BCUT2D eigenvalue weighted by Crippen LogP contribution is -1.76. The first-order valence-corrected chi connectivity index (χ1v) is 5.84. The molecule has 2 aromatic heterocycles. The summed E-state index contributed by atoms with van der Waals surface area (Å²) in [6.45, 7) is 1.93. The molecule has 2 rings (SSSR count). The molecule has 0 saturated heterocycles. The van der Waals surface area contributed by atoms with E-state index in [1.165, 1.54) is 0 Å². The molecule has 0 atom stereocenters. The van der Waals surface area contributed by atoms with Gasteiger partial charge >= 0.3 is 0 Å². The molecule has 6 heteroatoms. The third-order valence-corrected chi connectivity index (χ3v) is 3.50. The highest BCUT2D eigenvalue weighted by Crippen LogP contribution is 2.30. The number of hydrogen-bond acceptors (Lipinski definition) is 5. The van der Waals surface area contributed by atoms with E-state index >= 15 is 0 Å². The highest BCUT2D eigenvalue weighted by Gasteiger charge is 2.03. The number of aryl methyl sites for hydroxylation is 1. The topological polar surface area (TPSA) is 38.7 Å². The molecule has 0 fully saturated rings. The molecule has 0 aliphatic carbocycles. The predicted molar refractivity (Wildman–Crippen MR) is 58.0 cm³/mol. The molecule has 0 aliphatic heterocycles. The average molecular weight is 244 g/mol. The maximum Gasteiger partial charge on any atom is 0.179 e. The molecule has 0 N–H and O–H groups in total. The molecule has 0 unspecified atom stereocenters. The minimum absolute atomic E-state index is 0.497. The van der Waals surface area contributed by atoms with Crippen LogP contribution in [0.15, 0.2) is 27.6 Å². The van der Waals surface area contributed by atoms with Crippen molar-refractivity contribution in [2.45, 2.75) is 16.2 Å². The molecular weight excluding hydrogens is 238 g/mol. The van der Waals surface area contributed by atoms with Gasteiger partial charge in [-0.1, -0.05) is 34.7 Å². The Morgan fingerprint density at radius 2 is 2.29 bits per heavy atom. The molecule has 0 bridgehead atoms. The highest BCUT2D eigenvalue weighted by molar-refractivity contribution is 8.01. The Hall–Kier alpha value is -0.650. The summed E-state index contributed by atoms with van der Waals surface area (Å²) in [5.41, 5.74) is 0. The molecule has 0 aromatic carbocycles. The fourth-order valence-electron chi connectivity index (χ4n) is 0.869. The quantitative estimate of drug-likeness (QED) is 0.760. The van der Waals surface area contributed by atoms with Crippen LogP contribution in [-0.2, 0) is 0 Å². The van der Waals surface area contributed by atoms with E-state index < -0.39 is 0 Å². The molecule has 2 aromatic rings. The van der Waals surface area contributed by atoms with Gasteiger partial charge in [-0.25, -0.2) is 4.98 Å². The lowest BCUT2D eigenvalue weighted by atomic mass is 10.5. The van der Waals surface area contributed by atoms with Gasteiger partial charge in [0, 0.05) is 11.1 Å². The first-order chi connectivity index (χ1) is 6.74. The predicted octanol–water partition coefficient (Wildman–Crippen LogP) is 3.05. The van der Waals surface area contributed by atoms with Crippen molar-refractivity contribution in [3.63, 3.8) is 0 Å². The van der Waals surface area contributed by atoms with Crippen LogP contribution in [0.25, 0.3) is 0 Å². The molecule has 0 saturated carbocycles. The van der Waals surface area contributed by atoms with Crippen molar-refractivity contribution < 1.29 is 0 Å². The van der Waals surface area contributed by atoms with E-state index in [1.54, 1.807) is 29.3 Å². The van der Waals surface area contributed by atoms with Gasteiger partial charge in [0.25, 0.3) is 0 Å². The van der Waals surface area contributed by atoms with E-state index in [4.69, 9.17) is 11.6 Å². The van der Waals surface area contributed by atoms with E-state index in [-0.39, 0.29) is 0 Å². The number of aromatic nitrogens is 3. The molecule has 72 valence electrons. The van der Waals surface area contributed by atoms with E-state index in [0.29, 0.717) is 5.15 Å². The average Bonchev–Trinajstić information content (AvgIpc) is 2.51. The number of pyridine rings is 1. The van der Waals surface area contributed by atoms with Crippen LogP contribution < -0.4 is 0 Å². The Kier molecular flexibility index (Phi) is 3.00. The van der Waals surface area contributed by atoms with E-state index in [2.05, 4.69) is 15.2 Å². The van der Waals surface area contributed by atoms with Crippen LogP contribution in [0, 0.1) is 6.92 Å². The van der Waals surface area contributed by atoms with Crippen LogP contribution in [0.2, 0.25) is 5.15 Å². The lowest BCUT2D eigenvalue weighted by Gasteiger charge is -1.95. The van der Waals surface area contributed by atoms with Gasteiger partial charge in [-0.15, -0.1) is 10.2 Å².